The van der Waals surface area contributed by atoms with E-state index in [9.17, 15) is 18.0 Å². The Bertz CT molecular complexity index is 643. The molecule has 7 nitrogen and oxygen atoms in total. The molecule has 0 saturated carbocycles. The number of hydrogen-bond donors (Lipinski definition) is 2. The fourth-order valence-electron chi connectivity index (χ4n) is 1.65. The number of nitrogens with two attached hydrogens (primary N) is 1. The van der Waals surface area contributed by atoms with Crippen LogP contribution in [0.25, 0.3) is 0 Å². The van der Waals surface area contributed by atoms with Gasteiger partial charge in [0.1, 0.15) is 0 Å². The van der Waals surface area contributed by atoms with Crippen molar-refractivity contribution in [3.05, 3.63) is 22.7 Å². The third kappa shape index (κ3) is 2.77. The van der Waals surface area contributed by atoms with E-state index in [1.54, 1.807) is 0 Å². The van der Waals surface area contributed by atoms with E-state index < -0.39 is 21.8 Å². The average Bonchev–Trinajstić information content (AvgIpc) is 2.26. The number of benzene rings is 1. The van der Waals surface area contributed by atoms with Gasteiger partial charge in [-0.15, -0.1) is 0 Å². The smallest absolute Gasteiger partial charge is 0.245 e. The summed E-state index contributed by atoms with van der Waals surface area (Å²) in [4.78, 5) is 22.4. The highest BCUT2D eigenvalue weighted by Crippen LogP contribution is 2.27. The maximum Gasteiger partial charge on any atom is 0.245 e. The lowest BCUT2D eigenvalue weighted by Crippen LogP contribution is -2.53. The minimum atomic E-state index is -3.93. The molecule has 0 unspecified atom stereocenters. The van der Waals surface area contributed by atoms with Crippen molar-refractivity contribution in [3.8, 4) is 0 Å². The number of anilines is 1. The monoisotopic (exact) mass is 347 g/mol. The quantitative estimate of drug-likeness (QED) is 0.562. The molecular weight excluding hydrogens is 338 g/mol. The molecule has 19 heavy (non-hydrogen) atoms. The van der Waals surface area contributed by atoms with Crippen molar-refractivity contribution in [2.24, 2.45) is 0 Å². The Hall–Kier alpha value is -1.45. The van der Waals surface area contributed by atoms with Crippen LogP contribution in [0.4, 0.5) is 5.69 Å². The zero-order valence-corrected chi connectivity index (χ0v) is 12.0. The molecule has 1 fully saturated rings. The maximum atomic E-state index is 12.3. The van der Waals surface area contributed by atoms with Crippen LogP contribution in [-0.4, -0.2) is 37.6 Å². The molecular formula is C10H10BrN3O4S. The summed E-state index contributed by atoms with van der Waals surface area (Å²) in [6.45, 7) is -0.768. The topological polar surface area (TPSA) is 110 Å². The number of amides is 2. The van der Waals surface area contributed by atoms with Crippen LogP contribution < -0.4 is 11.1 Å². The van der Waals surface area contributed by atoms with Gasteiger partial charge in [0.25, 0.3) is 0 Å². The van der Waals surface area contributed by atoms with Crippen molar-refractivity contribution in [1.29, 1.82) is 0 Å². The highest BCUT2D eigenvalue weighted by Gasteiger charge is 2.33. The zero-order valence-electron chi connectivity index (χ0n) is 9.59. The molecule has 0 spiro atoms. The van der Waals surface area contributed by atoms with E-state index >= 15 is 0 Å². The molecule has 1 heterocycles. The van der Waals surface area contributed by atoms with Gasteiger partial charge in [0.15, 0.2) is 0 Å². The Labute approximate surface area is 117 Å². The Kier molecular flexibility index (Phi) is 3.61. The normalized spacial score (nSPS) is 17.3. The lowest BCUT2D eigenvalue weighted by Gasteiger charge is -2.25. The second-order valence-corrected chi connectivity index (χ2v) is 6.70. The van der Waals surface area contributed by atoms with Gasteiger partial charge in [-0.1, -0.05) is 0 Å². The summed E-state index contributed by atoms with van der Waals surface area (Å²) >= 11 is 3.11. The van der Waals surface area contributed by atoms with Crippen molar-refractivity contribution >= 4 is 43.5 Å². The van der Waals surface area contributed by atoms with Crippen molar-refractivity contribution in [2.45, 2.75) is 4.90 Å². The number of sulfonamides is 1. The van der Waals surface area contributed by atoms with Crippen LogP contribution in [0, 0.1) is 0 Å². The number of piperazine rings is 1. The minimum absolute atomic E-state index is 0.0378. The fraction of sp³-hybridized carbons (Fsp3) is 0.200. The first kappa shape index (κ1) is 14.0. The van der Waals surface area contributed by atoms with Gasteiger partial charge >= 0.3 is 0 Å². The second kappa shape index (κ2) is 4.91. The summed E-state index contributed by atoms with van der Waals surface area (Å²) < 4.78 is 25.8. The predicted octanol–water partition coefficient (Wildman–Crippen LogP) is -0.322. The SMILES string of the molecule is Nc1ccc(S(=O)(=O)N2CC(=O)NC(=O)C2)c(Br)c1. The van der Waals surface area contributed by atoms with Crippen LogP contribution in [-0.2, 0) is 19.6 Å². The molecule has 102 valence electrons. The Balaban J connectivity index is 2.42. The Morgan fingerprint density at radius 2 is 1.79 bits per heavy atom. The zero-order chi connectivity index (χ0) is 14.2. The van der Waals surface area contributed by atoms with E-state index in [1.807, 2.05) is 5.32 Å². The first-order chi connectivity index (χ1) is 8.80. The molecule has 0 aliphatic carbocycles. The van der Waals surface area contributed by atoms with Gasteiger partial charge in [-0.3, -0.25) is 14.9 Å². The van der Waals surface area contributed by atoms with Gasteiger partial charge in [0, 0.05) is 10.2 Å². The van der Waals surface area contributed by atoms with Crippen molar-refractivity contribution in [1.82, 2.24) is 9.62 Å². The highest BCUT2D eigenvalue weighted by atomic mass is 79.9. The third-order valence-electron chi connectivity index (χ3n) is 2.49. The van der Waals surface area contributed by atoms with E-state index in [1.165, 1.54) is 18.2 Å². The molecule has 0 atom stereocenters. The van der Waals surface area contributed by atoms with Crippen LogP contribution in [0.5, 0.6) is 0 Å². The number of carbonyl (C=O) groups is 2. The third-order valence-corrected chi connectivity index (χ3v) is 5.26. The molecule has 2 rings (SSSR count). The number of carbonyl (C=O) groups excluding carboxylic acids is 2. The first-order valence-corrected chi connectivity index (χ1v) is 7.42. The molecule has 0 bridgehead atoms. The van der Waals surface area contributed by atoms with E-state index in [-0.39, 0.29) is 22.5 Å². The van der Waals surface area contributed by atoms with Crippen LogP contribution in [0.15, 0.2) is 27.6 Å². The molecule has 3 N–H and O–H groups in total. The molecule has 1 aliphatic rings. The van der Waals surface area contributed by atoms with Crippen molar-refractivity contribution in [2.75, 3.05) is 18.8 Å². The van der Waals surface area contributed by atoms with Gasteiger partial charge < -0.3 is 5.73 Å². The second-order valence-electron chi connectivity index (χ2n) is 3.93. The standard InChI is InChI=1S/C10H10BrN3O4S/c11-7-3-6(12)1-2-8(7)19(17,18)14-4-9(15)13-10(16)5-14/h1-3H,4-5,12H2,(H,13,15,16). The van der Waals surface area contributed by atoms with E-state index in [0.29, 0.717) is 5.69 Å². The number of imide groups is 1. The summed E-state index contributed by atoms with van der Waals surface area (Å²) in [5.74, 6) is -1.29. The fourth-order valence-corrected chi connectivity index (χ4v) is 4.05. The number of nitrogen functional groups attached to an aromatic ring is 1. The van der Waals surface area contributed by atoms with Crippen LogP contribution in [0.3, 0.4) is 0 Å². The number of halogens is 1. The molecule has 9 heteroatoms. The lowest BCUT2D eigenvalue weighted by molar-refractivity contribution is -0.134. The highest BCUT2D eigenvalue weighted by molar-refractivity contribution is 9.10. The summed E-state index contributed by atoms with van der Waals surface area (Å²) in [6, 6.07) is 4.20. The summed E-state index contributed by atoms with van der Waals surface area (Å²) in [5.41, 5.74) is 5.94. The van der Waals surface area contributed by atoms with E-state index in [2.05, 4.69) is 15.9 Å². The largest absolute Gasteiger partial charge is 0.399 e. The predicted molar refractivity (Wildman–Crippen MR) is 70.5 cm³/mol. The summed E-state index contributed by atoms with van der Waals surface area (Å²) in [5, 5.41) is 2.04. The summed E-state index contributed by atoms with van der Waals surface area (Å²) in [7, 11) is -3.93. The van der Waals surface area contributed by atoms with Crippen molar-refractivity contribution < 1.29 is 18.0 Å². The molecule has 0 aromatic heterocycles. The molecule has 1 aliphatic heterocycles. The van der Waals surface area contributed by atoms with Crippen LogP contribution in [0.1, 0.15) is 0 Å². The molecule has 1 saturated heterocycles. The van der Waals surface area contributed by atoms with Gasteiger partial charge in [0.2, 0.25) is 21.8 Å². The number of hydrogen-bond acceptors (Lipinski definition) is 5. The lowest BCUT2D eigenvalue weighted by atomic mass is 10.3. The Morgan fingerprint density at radius 1 is 1.21 bits per heavy atom. The number of nitrogens with zero attached hydrogens (tertiary/aromatic N) is 1. The van der Waals surface area contributed by atoms with Crippen LogP contribution in [0.2, 0.25) is 0 Å². The van der Waals surface area contributed by atoms with Crippen molar-refractivity contribution in [3.63, 3.8) is 0 Å². The molecule has 0 radical (unpaired) electrons. The van der Waals surface area contributed by atoms with Crippen LogP contribution >= 0.6 is 15.9 Å². The first-order valence-electron chi connectivity index (χ1n) is 5.18. The molecule has 2 amide bonds. The van der Waals surface area contributed by atoms with Gasteiger partial charge in [0.05, 0.1) is 18.0 Å². The molecule has 1 aromatic carbocycles. The molecule has 1 aromatic rings. The Morgan fingerprint density at radius 3 is 2.32 bits per heavy atom. The van der Waals surface area contributed by atoms with Gasteiger partial charge in [-0.25, -0.2) is 8.42 Å². The number of nitrogens with one attached hydrogen (secondary N) is 1. The van der Waals surface area contributed by atoms with Gasteiger partial charge in [-0.05, 0) is 34.1 Å². The average molecular weight is 348 g/mol. The minimum Gasteiger partial charge on any atom is -0.399 e. The summed E-state index contributed by atoms with van der Waals surface area (Å²) in [6.07, 6.45) is 0. The van der Waals surface area contributed by atoms with E-state index in [0.717, 1.165) is 4.31 Å². The van der Waals surface area contributed by atoms with Gasteiger partial charge in [-0.2, -0.15) is 4.31 Å². The maximum absolute atomic E-state index is 12.3. The van der Waals surface area contributed by atoms with E-state index in [4.69, 9.17) is 5.73 Å². The number of rotatable bonds is 2.